The van der Waals surface area contributed by atoms with E-state index in [1.165, 1.54) is 31.4 Å². The van der Waals surface area contributed by atoms with Gasteiger partial charge in [0.2, 0.25) is 0 Å². The zero-order valence-electron chi connectivity index (χ0n) is 32.7. The van der Waals surface area contributed by atoms with Gasteiger partial charge in [-0.25, -0.2) is 9.18 Å². The smallest absolute Gasteiger partial charge is 0.344 e. The Balaban J connectivity index is 1.18. The third kappa shape index (κ3) is 10.9. The summed E-state index contributed by atoms with van der Waals surface area (Å²) in [4.78, 5) is 11.8. The lowest BCUT2D eigenvalue weighted by Gasteiger charge is -2.32. The van der Waals surface area contributed by atoms with Crippen LogP contribution in [0.5, 0.6) is 28.7 Å². The predicted molar refractivity (Wildman–Crippen MR) is 215 cm³/mol. The van der Waals surface area contributed by atoms with Gasteiger partial charge in [-0.15, -0.1) is 0 Å². The largest absolute Gasteiger partial charge is 0.489 e. The van der Waals surface area contributed by atoms with E-state index in [-0.39, 0.29) is 24.7 Å². The Labute approximate surface area is 343 Å². The number of rotatable bonds is 17. The summed E-state index contributed by atoms with van der Waals surface area (Å²) >= 11 is 0. The number of allylic oxidation sites excluding steroid dienone is 1. The van der Waals surface area contributed by atoms with Gasteiger partial charge in [-0.05, 0) is 120 Å². The van der Waals surface area contributed by atoms with Crippen LogP contribution in [0.4, 0.5) is 22.0 Å². The molecule has 1 unspecified atom stereocenters. The quantitative estimate of drug-likeness (QED) is 0.0393. The summed E-state index contributed by atoms with van der Waals surface area (Å²) in [6, 6.07) is 39.4. The van der Waals surface area contributed by atoms with Crippen molar-refractivity contribution in [2.45, 2.75) is 39.1 Å². The molecule has 7 nitrogen and oxygen atoms in total. The van der Waals surface area contributed by atoms with Gasteiger partial charge in [0, 0.05) is 5.41 Å². The standard InChI is InChI=1S/C48H39F5O7/c1-31(49)45(52)59-42-18-6-33(7-19-42)29-57-40-24-14-37(15-25-40)48(2,36-12-22-39(23-13-36)56-28-32-4-10-35(11-5-32)47(54)55-3)38-16-26-41(27-17-38)58-30-34-8-20-43(21-9-34)60-46(53)44(50)51/h4-27H,28-30H2,1-3H3/b45-31-. The van der Waals surface area contributed by atoms with E-state index in [4.69, 9.17) is 23.7 Å². The topological polar surface area (TPSA) is 72.5 Å². The molecule has 0 N–H and O–H groups in total. The third-order valence-electron chi connectivity index (χ3n) is 9.57. The highest BCUT2D eigenvalue weighted by Crippen LogP contribution is 2.41. The van der Waals surface area contributed by atoms with Gasteiger partial charge in [-0.1, -0.05) is 72.8 Å². The summed E-state index contributed by atoms with van der Waals surface area (Å²) in [6.07, 6.45) is -2.54. The van der Waals surface area contributed by atoms with Crippen molar-refractivity contribution < 1.29 is 55.2 Å². The van der Waals surface area contributed by atoms with Crippen LogP contribution < -0.4 is 23.7 Å². The lowest BCUT2D eigenvalue weighted by Crippen LogP contribution is -2.25. The molecule has 12 heteroatoms. The van der Waals surface area contributed by atoms with E-state index in [2.05, 4.69) is 11.7 Å². The van der Waals surface area contributed by atoms with E-state index >= 15 is 0 Å². The highest BCUT2D eigenvalue weighted by atomic mass is 19.3. The molecule has 0 spiro atoms. The van der Waals surface area contributed by atoms with E-state index in [0.29, 0.717) is 35.0 Å². The fourth-order valence-electron chi connectivity index (χ4n) is 6.13. The van der Waals surface area contributed by atoms with Crippen LogP contribution in [0.1, 0.15) is 57.6 Å². The second-order valence-electron chi connectivity index (χ2n) is 13.6. The molecule has 0 aliphatic heterocycles. The summed E-state index contributed by atoms with van der Waals surface area (Å²) in [7, 11) is 1.34. The molecule has 0 radical (unpaired) electrons. The lowest BCUT2D eigenvalue weighted by atomic mass is 9.71. The minimum atomic E-state index is -2.54. The molecule has 6 aromatic carbocycles. The molecule has 0 bridgehead atoms. The summed E-state index contributed by atoms with van der Waals surface area (Å²) < 4.78 is 96.8. The first-order chi connectivity index (χ1) is 28.9. The Kier molecular flexibility index (Phi) is 13.9. The van der Waals surface area contributed by atoms with E-state index in [9.17, 15) is 26.7 Å². The SMILES string of the molecule is COC(=O)c1ccc(COc2ccc(C(C)(c3ccc(OCc4ccc(OC(F)=C(F)F)cc4)cc3)c3ccc(OCc4ccc(O/C(F)=C(/C)F)cc4)cc3)cc2)cc1. The Hall–Kier alpha value is -7.08. The van der Waals surface area contributed by atoms with Crippen LogP contribution in [0.2, 0.25) is 0 Å². The molecule has 0 saturated carbocycles. The number of carbonyl (C=O) groups is 1. The summed E-state index contributed by atoms with van der Waals surface area (Å²) in [5, 5.41) is 0. The number of methoxy groups -OCH3 is 1. The predicted octanol–water partition coefficient (Wildman–Crippen LogP) is 12.5. The van der Waals surface area contributed by atoms with Crippen LogP contribution in [-0.4, -0.2) is 13.1 Å². The zero-order valence-corrected chi connectivity index (χ0v) is 32.7. The Bertz CT molecular complexity index is 2290. The van der Waals surface area contributed by atoms with Crippen molar-refractivity contribution in [3.8, 4) is 28.7 Å². The first kappa shape index (κ1) is 42.5. The van der Waals surface area contributed by atoms with Gasteiger partial charge >= 0.3 is 24.1 Å². The monoisotopic (exact) mass is 822 g/mol. The number of esters is 1. The first-order valence-electron chi connectivity index (χ1n) is 18.5. The van der Waals surface area contributed by atoms with Crippen LogP contribution >= 0.6 is 0 Å². The Morgan fingerprint density at radius 3 is 1.10 bits per heavy atom. The van der Waals surface area contributed by atoms with Gasteiger partial charge in [0.25, 0.3) is 0 Å². The Morgan fingerprint density at radius 2 is 0.783 bits per heavy atom. The highest BCUT2D eigenvalue weighted by molar-refractivity contribution is 5.89. The van der Waals surface area contributed by atoms with Gasteiger partial charge in [0.15, 0.2) is 5.83 Å². The molecular formula is C48H39F5O7. The number of hydrogen-bond acceptors (Lipinski definition) is 7. The van der Waals surface area contributed by atoms with Gasteiger partial charge < -0.3 is 28.4 Å². The molecule has 6 rings (SSSR count). The highest BCUT2D eigenvalue weighted by Gasteiger charge is 2.31. The maximum atomic E-state index is 13.5. The summed E-state index contributed by atoms with van der Waals surface area (Å²) in [6.45, 7) is 3.76. The molecular weight excluding hydrogens is 784 g/mol. The van der Waals surface area contributed by atoms with Crippen LogP contribution in [-0.2, 0) is 30.0 Å². The number of ether oxygens (including phenoxy) is 6. The van der Waals surface area contributed by atoms with Crippen molar-refractivity contribution in [3.05, 3.63) is 208 Å². The van der Waals surface area contributed by atoms with Crippen LogP contribution in [0.15, 0.2) is 170 Å². The van der Waals surface area contributed by atoms with E-state index in [1.54, 1.807) is 36.4 Å². The maximum absolute atomic E-state index is 13.5. The van der Waals surface area contributed by atoms with Crippen molar-refractivity contribution in [1.29, 1.82) is 0 Å². The molecule has 60 heavy (non-hydrogen) atoms. The molecule has 0 saturated heterocycles. The van der Waals surface area contributed by atoms with Gasteiger partial charge in [-0.3, -0.25) is 0 Å². The van der Waals surface area contributed by atoms with Crippen molar-refractivity contribution in [2.24, 2.45) is 0 Å². The molecule has 308 valence electrons. The van der Waals surface area contributed by atoms with Gasteiger partial charge in [0.1, 0.15) is 48.6 Å². The molecule has 1 atom stereocenters. The lowest BCUT2D eigenvalue weighted by molar-refractivity contribution is 0.0600. The van der Waals surface area contributed by atoms with E-state index in [0.717, 1.165) is 34.7 Å². The third-order valence-corrected chi connectivity index (χ3v) is 9.57. The zero-order chi connectivity index (χ0) is 42.6. The van der Waals surface area contributed by atoms with Gasteiger partial charge in [-0.2, -0.15) is 17.6 Å². The number of halogens is 5. The second-order valence-corrected chi connectivity index (χ2v) is 13.6. The second kappa shape index (κ2) is 19.6. The molecule has 0 fully saturated rings. The average Bonchev–Trinajstić information content (AvgIpc) is 3.28. The minimum Gasteiger partial charge on any atom is -0.489 e. The van der Waals surface area contributed by atoms with Gasteiger partial charge in [0.05, 0.1) is 12.7 Å². The summed E-state index contributed by atoms with van der Waals surface area (Å²) in [5.41, 5.74) is 5.06. The number of hydrogen-bond donors (Lipinski definition) is 0. The van der Waals surface area contributed by atoms with Crippen molar-refractivity contribution in [2.75, 3.05) is 7.11 Å². The van der Waals surface area contributed by atoms with Crippen molar-refractivity contribution in [3.63, 3.8) is 0 Å². The fourth-order valence-corrected chi connectivity index (χ4v) is 6.13. The number of benzene rings is 6. The number of carbonyl (C=O) groups excluding carboxylic acids is 1. The fraction of sp³-hybridized carbons (Fsp3) is 0.146. The van der Waals surface area contributed by atoms with Crippen LogP contribution in [0.3, 0.4) is 0 Å². The minimum absolute atomic E-state index is 0.0711. The van der Waals surface area contributed by atoms with Crippen LogP contribution in [0, 0.1) is 0 Å². The van der Waals surface area contributed by atoms with E-state index < -0.39 is 35.3 Å². The molecule has 0 amide bonds. The molecule has 0 aliphatic rings. The summed E-state index contributed by atoms with van der Waals surface area (Å²) in [5.74, 6) is 0.486. The average molecular weight is 823 g/mol. The van der Waals surface area contributed by atoms with E-state index in [1.807, 2.05) is 84.9 Å². The maximum Gasteiger partial charge on any atom is 0.344 e. The van der Waals surface area contributed by atoms with Crippen molar-refractivity contribution in [1.82, 2.24) is 0 Å². The molecule has 0 aliphatic carbocycles. The molecule has 6 aromatic rings. The Morgan fingerprint density at radius 1 is 0.467 bits per heavy atom. The molecule has 0 aromatic heterocycles. The molecule has 0 heterocycles. The van der Waals surface area contributed by atoms with Crippen molar-refractivity contribution >= 4 is 5.97 Å². The van der Waals surface area contributed by atoms with Crippen LogP contribution in [0.25, 0.3) is 0 Å². The first-order valence-corrected chi connectivity index (χ1v) is 18.5. The normalized spacial score (nSPS) is 12.3.